The van der Waals surface area contributed by atoms with Gasteiger partial charge in [-0.1, -0.05) is 0 Å². The van der Waals surface area contributed by atoms with Gasteiger partial charge >= 0.3 is 5.97 Å². The third-order valence-corrected chi connectivity index (χ3v) is 3.33. The van der Waals surface area contributed by atoms with Crippen molar-refractivity contribution in [3.63, 3.8) is 0 Å². The summed E-state index contributed by atoms with van der Waals surface area (Å²) < 4.78 is 16.1. The fourth-order valence-electron chi connectivity index (χ4n) is 2.33. The molecule has 0 aromatic rings. The molecule has 0 bridgehead atoms. The van der Waals surface area contributed by atoms with Gasteiger partial charge in [0.1, 0.15) is 0 Å². The first-order valence-electron chi connectivity index (χ1n) is 5.78. The van der Waals surface area contributed by atoms with Gasteiger partial charge in [0.2, 0.25) is 0 Å². The molecule has 92 valence electrons. The average molecular weight is 229 g/mol. The number of carbonyl (C=O) groups is 1. The van der Waals surface area contributed by atoms with Crippen molar-refractivity contribution >= 4 is 5.97 Å². The molecule has 0 amide bonds. The van der Waals surface area contributed by atoms with Crippen LogP contribution in [-0.2, 0) is 19.0 Å². The molecule has 2 aliphatic rings. The van der Waals surface area contributed by atoms with E-state index < -0.39 is 5.79 Å². The van der Waals surface area contributed by atoms with Crippen LogP contribution in [0.4, 0.5) is 0 Å². The first-order valence-corrected chi connectivity index (χ1v) is 5.78. The molecule has 16 heavy (non-hydrogen) atoms. The van der Waals surface area contributed by atoms with Crippen molar-refractivity contribution in [2.45, 2.75) is 50.0 Å². The Hall–Kier alpha value is -0.650. The van der Waals surface area contributed by atoms with Gasteiger partial charge in [-0.15, -0.1) is 0 Å². The Labute approximate surface area is 95.2 Å². The van der Waals surface area contributed by atoms with E-state index in [9.17, 15) is 4.79 Å². The van der Waals surface area contributed by atoms with E-state index in [1.165, 1.54) is 7.11 Å². The first-order chi connectivity index (χ1) is 7.63. The molecule has 1 aliphatic heterocycles. The van der Waals surface area contributed by atoms with E-state index in [-0.39, 0.29) is 24.5 Å². The van der Waals surface area contributed by atoms with Crippen molar-refractivity contribution in [3.8, 4) is 0 Å². The number of rotatable bonds is 2. The highest BCUT2D eigenvalue weighted by Gasteiger charge is 2.44. The smallest absolute Gasteiger partial charge is 0.308 e. The van der Waals surface area contributed by atoms with Gasteiger partial charge in [0.15, 0.2) is 5.79 Å². The van der Waals surface area contributed by atoms with Gasteiger partial charge < -0.3 is 19.9 Å². The lowest BCUT2D eigenvalue weighted by Crippen LogP contribution is -2.40. The summed E-state index contributed by atoms with van der Waals surface area (Å²) in [6, 6.07) is 0.262. The Morgan fingerprint density at radius 1 is 1.50 bits per heavy atom. The maximum absolute atomic E-state index is 11.1. The largest absolute Gasteiger partial charge is 0.469 e. The number of carbonyl (C=O) groups excluding carboxylic acids is 1. The molecule has 1 heterocycles. The van der Waals surface area contributed by atoms with Crippen LogP contribution in [0.15, 0.2) is 0 Å². The van der Waals surface area contributed by atoms with Crippen molar-refractivity contribution in [2.75, 3.05) is 13.7 Å². The molecule has 1 atom stereocenters. The highest BCUT2D eigenvalue weighted by atomic mass is 16.7. The molecule has 0 aromatic carbocycles. The minimum atomic E-state index is -0.478. The lowest BCUT2D eigenvalue weighted by molar-refractivity contribution is -0.190. The standard InChI is InChI=1S/C11H19NO4/c1-14-10(13)6-9-7-15-11(16-9)4-2-8(12)3-5-11/h8-9H,2-7,12H2,1H3. The van der Waals surface area contributed by atoms with Gasteiger partial charge in [-0.2, -0.15) is 0 Å². The third-order valence-electron chi connectivity index (χ3n) is 3.33. The van der Waals surface area contributed by atoms with E-state index >= 15 is 0 Å². The molecule has 0 radical (unpaired) electrons. The van der Waals surface area contributed by atoms with E-state index in [4.69, 9.17) is 15.2 Å². The minimum absolute atomic E-state index is 0.165. The molecular formula is C11H19NO4. The van der Waals surface area contributed by atoms with E-state index in [0.717, 1.165) is 25.7 Å². The van der Waals surface area contributed by atoms with Crippen LogP contribution in [-0.4, -0.2) is 37.6 Å². The van der Waals surface area contributed by atoms with Crippen LogP contribution >= 0.6 is 0 Å². The van der Waals surface area contributed by atoms with Gasteiger partial charge in [0.25, 0.3) is 0 Å². The molecule has 1 unspecified atom stereocenters. The zero-order valence-electron chi connectivity index (χ0n) is 9.61. The number of nitrogens with two attached hydrogens (primary N) is 1. The van der Waals surface area contributed by atoms with Crippen molar-refractivity contribution in [3.05, 3.63) is 0 Å². The van der Waals surface area contributed by atoms with Crippen molar-refractivity contribution in [1.82, 2.24) is 0 Å². The Kier molecular flexibility index (Phi) is 3.47. The van der Waals surface area contributed by atoms with Crippen LogP contribution in [0.5, 0.6) is 0 Å². The van der Waals surface area contributed by atoms with Gasteiger partial charge in [-0.25, -0.2) is 0 Å². The average Bonchev–Trinajstić information content (AvgIpc) is 2.66. The SMILES string of the molecule is COC(=O)CC1COC2(CCC(N)CC2)O1. The summed E-state index contributed by atoms with van der Waals surface area (Å²) in [4.78, 5) is 11.1. The molecular weight excluding hydrogens is 210 g/mol. The Morgan fingerprint density at radius 3 is 2.81 bits per heavy atom. The lowest BCUT2D eigenvalue weighted by Gasteiger charge is -2.34. The Bertz CT molecular complexity index is 261. The van der Waals surface area contributed by atoms with Crippen LogP contribution in [0.2, 0.25) is 0 Å². The summed E-state index contributed by atoms with van der Waals surface area (Å²) in [5.41, 5.74) is 5.84. The second kappa shape index (κ2) is 4.69. The van der Waals surface area contributed by atoms with Gasteiger partial charge in [0, 0.05) is 18.9 Å². The quantitative estimate of drug-likeness (QED) is 0.701. The van der Waals surface area contributed by atoms with E-state index in [2.05, 4.69) is 4.74 Å². The van der Waals surface area contributed by atoms with Gasteiger partial charge in [0.05, 0.1) is 26.2 Å². The van der Waals surface area contributed by atoms with Crippen molar-refractivity contribution in [2.24, 2.45) is 5.73 Å². The lowest BCUT2D eigenvalue weighted by atomic mass is 9.91. The normalized spacial score (nSPS) is 38.9. The molecule has 2 N–H and O–H groups in total. The second-order valence-corrected chi connectivity index (χ2v) is 4.58. The Morgan fingerprint density at radius 2 is 2.19 bits per heavy atom. The summed E-state index contributed by atoms with van der Waals surface area (Å²) in [6.07, 6.45) is 3.60. The maximum Gasteiger partial charge on any atom is 0.308 e. The topological polar surface area (TPSA) is 70.8 Å². The maximum atomic E-state index is 11.1. The summed E-state index contributed by atoms with van der Waals surface area (Å²) in [5, 5.41) is 0. The monoisotopic (exact) mass is 229 g/mol. The summed E-state index contributed by atoms with van der Waals surface area (Å²) >= 11 is 0. The zero-order valence-corrected chi connectivity index (χ0v) is 9.61. The molecule has 5 nitrogen and oxygen atoms in total. The molecule has 1 spiro atoms. The van der Waals surface area contributed by atoms with E-state index in [0.29, 0.717) is 6.61 Å². The van der Waals surface area contributed by atoms with Crippen LogP contribution in [0, 0.1) is 0 Å². The first kappa shape index (κ1) is 11.8. The fraction of sp³-hybridized carbons (Fsp3) is 0.909. The summed E-state index contributed by atoms with van der Waals surface area (Å²) in [7, 11) is 1.38. The number of hydrogen-bond donors (Lipinski definition) is 1. The molecule has 5 heteroatoms. The molecule has 0 aromatic heterocycles. The van der Waals surface area contributed by atoms with Crippen LogP contribution in [0.25, 0.3) is 0 Å². The zero-order chi connectivity index (χ0) is 11.6. The summed E-state index contributed by atoms with van der Waals surface area (Å²) in [5.74, 6) is -0.729. The van der Waals surface area contributed by atoms with Crippen LogP contribution in [0.3, 0.4) is 0 Å². The number of esters is 1. The summed E-state index contributed by atoms with van der Waals surface area (Å²) in [6.45, 7) is 0.477. The molecule has 1 saturated heterocycles. The number of hydrogen-bond acceptors (Lipinski definition) is 5. The second-order valence-electron chi connectivity index (χ2n) is 4.58. The Balaban J connectivity index is 1.85. The molecule has 1 aliphatic carbocycles. The number of methoxy groups -OCH3 is 1. The van der Waals surface area contributed by atoms with Gasteiger partial charge in [-0.05, 0) is 12.8 Å². The van der Waals surface area contributed by atoms with Crippen LogP contribution < -0.4 is 5.73 Å². The van der Waals surface area contributed by atoms with Crippen molar-refractivity contribution in [1.29, 1.82) is 0 Å². The molecule has 1 saturated carbocycles. The molecule has 2 fully saturated rings. The molecule has 2 rings (SSSR count). The third kappa shape index (κ3) is 2.53. The predicted octanol–water partition coefficient (Wildman–Crippen LogP) is 0.562. The predicted molar refractivity (Wildman–Crippen MR) is 56.6 cm³/mol. The highest BCUT2D eigenvalue weighted by molar-refractivity contribution is 5.69. The van der Waals surface area contributed by atoms with E-state index in [1.807, 2.05) is 0 Å². The van der Waals surface area contributed by atoms with Gasteiger partial charge in [-0.3, -0.25) is 4.79 Å². The van der Waals surface area contributed by atoms with Crippen LogP contribution in [0.1, 0.15) is 32.1 Å². The minimum Gasteiger partial charge on any atom is -0.469 e. The number of ether oxygens (including phenoxy) is 3. The fourth-order valence-corrected chi connectivity index (χ4v) is 2.33. The highest BCUT2D eigenvalue weighted by Crippen LogP contribution is 2.38. The van der Waals surface area contributed by atoms with E-state index in [1.54, 1.807) is 0 Å². The van der Waals surface area contributed by atoms with Crippen molar-refractivity contribution < 1.29 is 19.0 Å².